The number of nitrogens with one attached hydrogen (secondary N) is 2. The fraction of sp³-hybridized carbons (Fsp3) is 0.231. The van der Waals surface area contributed by atoms with Crippen molar-refractivity contribution in [2.45, 2.75) is 6.92 Å². The van der Waals surface area contributed by atoms with Gasteiger partial charge in [-0.1, -0.05) is 13.0 Å². The van der Waals surface area contributed by atoms with Gasteiger partial charge in [0.15, 0.2) is 0 Å². The lowest BCUT2D eigenvalue weighted by atomic mass is 10.2. The summed E-state index contributed by atoms with van der Waals surface area (Å²) >= 11 is 0. The molecule has 0 aliphatic rings. The zero-order valence-electron chi connectivity index (χ0n) is 9.73. The van der Waals surface area contributed by atoms with E-state index >= 15 is 0 Å². The molecule has 0 aliphatic heterocycles. The van der Waals surface area contributed by atoms with Gasteiger partial charge in [0.25, 0.3) is 0 Å². The summed E-state index contributed by atoms with van der Waals surface area (Å²) in [4.78, 5) is 15.9. The van der Waals surface area contributed by atoms with Crippen molar-refractivity contribution in [2.24, 2.45) is 0 Å². The highest BCUT2D eigenvalue weighted by Crippen LogP contribution is 2.20. The van der Waals surface area contributed by atoms with Crippen molar-refractivity contribution in [3.63, 3.8) is 0 Å². The number of nitrogens with zero attached hydrogens (tertiary/aromatic N) is 1. The fourth-order valence-corrected chi connectivity index (χ4v) is 1.65. The van der Waals surface area contributed by atoms with E-state index < -0.39 is 0 Å². The van der Waals surface area contributed by atoms with Crippen LogP contribution in [0.1, 0.15) is 6.92 Å². The summed E-state index contributed by atoms with van der Waals surface area (Å²) in [5.74, 6) is -0.0387. The molecular weight excluding hydrogens is 214 g/mol. The van der Waals surface area contributed by atoms with Crippen LogP contribution in [-0.2, 0) is 4.79 Å². The highest BCUT2D eigenvalue weighted by Gasteiger charge is 2.04. The quantitative estimate of drug-likeness (QED) is 0.840. The first-order valence-electron chi connectivity index (χ1n) is 5.65. The number of carbonyl (C=O) groups is 1. The Kier molecular flexibility index (Phi) is 3.67. The van der Waals surface area contributed by atoms with Gasteiger partial charge in [0.1, 0.15) is 0 Å². The minimum atomic E-state index is -0.0387. The number of rotatable bonds is 4. The highest BCUT2D eigenvalue weighted by atomic mass is 16.1. The van der Waals surface area contributed by atoms with Crippen molar-refractivity contribution >= 4 is 22.5 Å². The van der Waals surface area contributed by atoms with Gasteiger partial charge >= 0.3 is 0 Å². The van der Waals surface area contributed by atoms with Crippen molar-refractivity contribution < 1.29 is 4.79 Å². The fourth-order valence-electron chi connectivity index (χ4n) is 1.65. The van der Waals surface area contributed by atoms with Gasteiger partial charge in [0.05, 0.1) is 17.7 Å². The molecule has 0 bridgehead atoms. The maximum atomic E-state index is 11.6. The summed E-state index contributed by atoms with van der Waals surface area (Å²) in [6.45, 7) is 3.08. The number of carbonyl (C=O) groups excluding carboxylic acids is 1. The molecular formula is C13H15N3O. The highest BCUT2D eigenvalue weighted by molar-refractivity contribution is 6.01. The lowest BCUT2D eigenvalue weighted by Gasteiger charge is -2.08. The van der Waals surface area contributed by atoms with Crippen molar-refractivity contribution in [1.82, 2.24) is 10.3 Å². The zero-order chi connectivity index (χ0) is 12.1. The average Bonchev–Trinajstić information content (AvgIpc) is 2.37. The van der Waals surface area contributed by atoms with E-state index in [0.717, 1.165) is 23.1 Å². The molecule has 0 aliphatic carbocycles. The average molecular weight is 229 g/mol. The molecule has 2 N–H and O–H groups in total. The number of amides is 1. The molecule has 88 valence electrons. The van der Waals surface area contributed by atoms with Crippen molar-refractivity contribution in [2.75, 3.05) is 18.4 Å². The van der Waals surface area contributed by atoms with Crippen LogP contribution in [0, 0.1) is 0 Å². The summed E-state index contributed by atoms with van der Waals surface area (Å²) in [5.41, 5.74) is 1.69. The third kappa shape index (κ3) is 2.79. The molecule has 0 saturated heterocycles. The molecule has 0 unspecified atom stereocenters. The zero-order valence-corrected chi connectivity index (χ0v) is 9.73. The van der Waals surface area contributed by atoms with Gasteiger partial charge in [0, 0.05) is 11.6 Å². The Labute approximate surface area is 100 Å². The van der Waals surface area contributed by atoms with Crippen LogP contribution < -0.4 is 10.6 Å². The lowest BCUT2D eigenvalue weighted by Crippen LogP contribution is -2.27. The number of likely N-dealkylation sites (N-methyl/N-ethyl adjacent to an activating group) is 1. The van der Waals surface area contributed by atoms with Gasteiger partial charge in [-0.15, -0.1) is 0 Å². The minimum absolute atomic E-state index is 0.0387. The van der Waals surface area contributed by atoms with E-state index in [9.17, 15) is 4.79 Å². The van der Waals surface area contributed by atoms with Crippen LogP contribution in [0.15, 0.2) is 36.5 Å². The standard InChI is InChI=1S/C13H15N3O/c1-2-14-9-13(17)16-12-7-3-6-11-10(12)5-4-8-15-11/h3-8,14H,2,9H2,1H3,(H,16,17). The van der Waals surface area contributed by atoms with Gasteiger partial charge in [-0.05, 0) is 30.8 Å². The maximum absolute atomic E-state index is 11.6. The summed E-state index contributed by atoms with van der Waals surface area (Å²) < 4.78 is 0. The lowest BCUT2D eigenvalue weighted by molar-refractivity contribution is -0.115. The summed E-state index contributed by atoms with van der Waals surface area (Å²) in [6, 6.07) is 9.51. The van der Waals surface area contributed by atoms with Crippen LogP contribution in [0.25, 0.3) is 10.9 Å². The molecule has 0 radical (unpaired) electrons. The van der Waals surface area contributed by atoms with Gasteiger partial charge < -0.3 is 10.6 Å². The second kappa shape index (κ2) is 5.41. The van der Waals surface area contributed by atoms with E-state index in [-0.39, 0.29) is 5.91 Å². The molecule has 1 aromatic carbocycles. The van der Waals surface area contributed by atoms with Crippen molar-refractivity contribution in [3.8, 4) is 0 Å². The van der Waals surface area contributed by atoms with E-state index in [1.165, 1.54) is 0 Å². The Hall–Kier alpha value is -1.94. The van der Waals surface area contributed by atoms with Gasteiger partial charge in [-0.3, -0.25) is 9.78 Å². The van der Waals surface area contributed by atoms with Crippen LogP contribution in [-0.4, -0.2) is 24.0 Å². The van der Waals surface area contributed by atoms with E-state index in [2.05, 4.69) is 15.6 Å². The first kappa shape index (κ1) is 11.5. The first-order valence-corrected chi connectivity index (χ1v) is 5.65. The first-order chi connectivity index (χ1) is 8.31. The second-order valence-corrected chi connectivity index (χ2v) is 3.70. The number of pyridine rings is 1. The predicted octanol–water partition coefficient (Wildman–Crippen LogP) is 1.78. The van der Waals surface area contributed by atoms with E-state index in [1.807, 2.05) is 37.3 Å². The smallest absolute Gasteiger partial charge is 0.238 e. The molecule has 0 fully saturated rings. The van der Waals surface area contributed by atoms with Crippen molar-refractivity contribution in [1.29, 1.82) is 0 Å². The van der Waals surface area contributed by atoms with Crippen LogP contribution in [0.5, 0.6) is 0 Å². The van der Waals surface area contributed by atoms with Crippen LogP contribution in [0.3, 0.4) is 0 Å². The van der Waals surface area contributed by atoms with Crippen LogP contribution in [0.4, 0.5) is 5.69 Å². The molecule has 4 nitrogen and oxygen atoms in total. The number of anilines is 1. The van der Waals surface area contributed by atoms with E-state index in [1.54, 1.807) is 6.20 Å². The van der Waals surface area contributed by atoms with Gasteiger partial charge in [-0.2, -0.15) is 0 Å². The van der Waals surface area contributed by atoms with E-state index in [0.29, 0.717) is 6.54 Å². The Morgan fingerprint density at radius 2 is 2.18 bits per heavy atom. The second-order valence-electron chi connectivity index (χ2n) is 3.70. The minimum Gasteiger partial charge on any atom is -0.324 e. The molecule has 0 saturated carbocycles. The Balaban J connectivity index is 2.21. The van der Waals surface area contributed by atoms with Gasteiger partial charge in [-0.25, -0.2) is 0 Å². The summed E-state index contributed by atoms with van der Waals surface area (Å²) in [5, 5.41) is 6.83. The van der Waals surface area contributed by atoms with Crippen LogP contribution in [0.2, 0.25) is 0 Å². The Morgan fingerprint density at radius 3 is 3.00 bits per heavy atom. The number of hydrogen-bond acceptors (Lipinski definition) is 3. The molecule has 1 amide bonds. The molecule has 2 rings (SSSR count). The number of aromatic nitrogens is 1. The maximum Gasteiger partial charge on any atom is 0.238 e. The third-order valence-corrected chi connectivity index (χ3v) is 2.46. The molecule has 0 spiro atoms. The number of fused-ring (bicyclic) bond motifs is 1. The molecule has 17 heavy (non-hydrogen) atoms. The number of benzene rings is 1. The van der Waals surface area contributed by atoms with Crippen LogP contribution >= 0.6 is 0 Å². The third-order valence-electron chi connectivity index (χ3n) is 2.46. The molecule has 0 atom stereocenters. The summed E-state index contributed by atoms with van der Waals surface area (Å²) in [7, 11) is 0. The number of hydrogen-bond donors (Lipinski definition) is 2. The Morgan fingerprint density at radius 1 is 1.29 bits per heavy atom. The Bertz CT molecular complexity index is 520. The molecule has 4 heteroatoms. The van der Waals surface area contributed by atoms with Gasteiger partial charge in [0.2, 0.25) is 5.91 Å². The topological polar surface area (TPSA) is 54.0 Å². The normalized spacial score (nSPS) is 10.4. The van der Waals surface area contributed by atoms with Crippen molar-refractivity contribution in [3.05, 3.63) is 36.5 Å². The molecule has 2 aromatic rings. The molecule has 1 aromatic heterocycles. The largest absolute Gasteiger partial charge is 0.324 e. The monoisotopic (exact) mass is 229 g/mol. The molecule has 1 heterocycles. The predicted molar refractivity (Wildman–Crippen MR) is 68.9 cm³/mol. The SMILES string of the molecule is CCNCC(=O)Nc1cccc2ncccc12. The summed E-state index contributed by atoms with van der Waals surface area (Å²) in [6.07, 6.45) is 1.74. The van der Waals surface area contributed by atoms with E-state index in [4.69, 9.17) is 0 Å².